The van der Waals surface area contributed by atoms with Crippen molar-refractivity contribution in [1.29, 1.82) is 0 Å². The first-order valence-electron chi connectivity index (χ1n) is 4.91. The predicted molar refractivity (Wildman–Crippen MR) is 61.0 cm³/mol. The Kier molecular flexibility index (Phi) is 3.00. The van der Waals surface area contributed by atoms with Crippen molar-refractivity contribution >= 4 is 5.97 Å². The highest BCUT2D eigenvalue weighted by atomic mass is 16.5. The summed E-state index contributed by atoms with van der Waals surface area (Å²) in [7, 11) is 1.56. The van der Waals surface area contributed by atoms with E-state index in [0.29, 0.717) is 11.6 Å². The summed E-state index contributed by atoms with van der Waals surface area (Å²) in [5, 5.41) is 8.74. The lowest BCUT2D eigenvalue weighted by molar-refractivity contribution is 0.0696. The monoisotopic (exact) mass is 230 g/mol. The Morgan fingerprint density at radius 2 is 1.88 bits per heavy atom. The Balaban J connectivity index is 2.43. The first-order valence-corrected chi connectivity index (χ1v) is 4.91. The van der Waals surface area contributed by atoms with Crippen LogP contribution in [0.4, 0.5) is 0 Å². The van der Waals surface area contributed by atoms with Gasteiger partial charge in [-0.15, -0.1) is 0 Å². The van der Waals surface area contributed by atoms with E-state index in [1.165, 1.54) is 12.4 Å². The van der Waals surface area contributed by atoms with E-state index in [1.807, 2.05) is 18.2 Å². The summed E-state index contributed by atoms with van der Waals surface area (Å²) in [5.74, 6) is 0.0413. The van der Waals surface area contributed by atoms with E-state index in [0.717, 1.165) is 5.56 Å². The molecule has 0 atom stereocenters. The van der Waals surface area contributed by atoms with Crippen molar-refractivity contribution in [2.45, 2.75) is 0 Å². The van der Waals surface area contributed by atoms with Crippen LogP contribution >= 0.6 is 0 Å². The molecule has 0 bridgehead atoms. The fraction of sp³-hybridized carbons (Fsp3) is 0.0833. The zero-order chi connectivity index (χ0) is 12.3. The molecule has 1 aromatic heterocycles. The first-order chi connectivity index (χ1) is 8.22. The van der Waals surface area contributed by atoms with Crippen LogP contribution in [0.25, 0.3) is 11.4 Å². The molecule has 0 amide bonds. The van der Waals surface area contributed by atoms with Crippen molar-refractivity contribution in [2.24, 2.45) is 0 Å². The Morgan fingerprint density at radius 1 is 1.24 bits per heavy atom. The van der Waals surface area contributed by atoms with E-state index in [2.05, 4.69) is 9.97 Å². The number of benzene rings is 1. The van der Waals surface area contributed by atoms with Gasteiger partial charge in [0.15, 0.2) is 5.82 Å². The highest BCUT2D eigenvalue weighted by Crippen LogP contribution is 2.26. The molecule has 0 aliphatic heterocycles. The average Bonchev–Trinajstić information content (AvgIpc) is 2.39. The second kappa shape index (κ2) is 4.61. The zero-order valence-electron chi connectivity index (χ0n) is 9.12. The third-order valence-electron chi connectivity index (χ3n) is 2.25. The molecule has 1 N–H and O–H groups in total. The van der Waals surface area contributed by atoms with E-state index >= 15 is 0 Å². The van der Waals surface area contributed by atoms with Crippen molar-refractivity contribution in [3.8, 4) is 17.1 Å². The molecule has 0 saturated carbocycles. The third kappa shape index (κ3) is 2.23. The van der Waals surface area contributed by atoms with Crippen LogP contribution < -0.4 is 4.74 Å². The maximum atomic E-state index is 10.7. The normalized spacial score (nSPS) is 9.94. The molecule has 1 aromatic carbocycles. The van der Waals surface area contributed by atoms with Gasteiger partial charge in [-0.2, -0.15) is 0 Å². The molecule has 2 aromatic rings. The Hall–Kier alpha value is -2.43. The SMILES string of the molecule is COc1ccccc1-c1ncc(C(=O)O)cn1. The summed E-state index contributed by atoms with van der Waals surface area (Å²) >= 11 is 0. The largest absolute Gasteiger partial charge is 0.496 e. The molecular weight excluding hydrogens is 220 g/mol. The number of rotatable bonds is 3. The second-order valence-electron chi connectivity index (χ2n) is 3.30. The summed E-state index contributed by atoms with van der Waals surface area (Å²) in [6, 6.07) is 7.29. The van der Waals surface area contributed by atoms with Gasteiger partial charge in [0.1, 0.15) is 5.75 Å². The summed E-state index contributed by atoms with van der Waals surface area (Å²) < 4.78 is 5.18. The smallest absolute Gasteiger partial charge is 0.338 e. The molecule has 5 heteroatoms. The van der Waals surface area contributed by atoms with Crippen LogP contribution in [-0.4, -0.2) is 28.2 Å². The van der Waals surface area contributed by atoms with Crippen LogP contribution in [0.2, 0.25) is 0 Å². The number of aromatic nitrogens is 2. The quantitative estimate of drug-likeness (QED) is 0.871. The highest BCUT2D eigenvalue weighted by Gasteiger charge is 2.09. The van der Waals surface area contributed by atoms with Crippen LogP contribution in [0.3, 0.4) is 0 Å². The lowest BCUT2D eigenvalue weighted by Crippen LogP contribution is -2.00. The summed E-state index contributed by atoms with van der Waals surface area (Å²) in [6.07, 6.45) is 2.55. The van der Waals surface area contributed by atoms with Crippen LogP contribution in [-0.2, 0) is 0 Å². The molecule has 0 spiro atoms. The van der Waals surface area contributed by atoms with Crippen LogP contribution in [0, 0.1) is 0 Å². The van der Waals surface area contributed by atoms with Gasteiger partial charge in [-0.3, -0.25) is 0 Å². The zero-order valence-corrected chi connectivity index (χ0v) is 9.12. The minimum atomic E-state index is -1.04. The molecule has 17 heavy (non-hydrogen) atoms. The Bertz CT molecular complexity index is 538. The molecule has 0 aliphatic rings. The van der Waals surface area contributed by atoms with Gasteiger partial charge >= 0.3 is 5.97 Å². The average molecular weight is 230 g/mol. The Labute approximate surface area is 97.7 Å². The number of carboxylic acid groups (broad SMARTS) is 1. The fourth-order valence-electron chi connectivity index (χ4n) is 1.41. The van der Waals surface area contributed by atoms with Crippen LogP contribution in [0.1, 0.15) is 10.4 Å². The molecule has 0 fully saturated rings. The molecule has 86 valence electrons. The van der Waals surface area contributed by atoms with Gasteiger partial charge in [0.25, 0.3) is 0 Å². The van der Waals surface area contributed by atoms with Crippen LogP contribution in [0.15, 0.2) is 36.7 Å². The predicted octanol–water partition coefficient (Wildman–Crippen LogP) is 1.85. The van der Waals surface area contributed by atoms with Gasteiger partial charge < -0.3 is 9.84 Å². The van der Waals surface area contributed by atoms with E-state index in [9.17, 15) is 4.79 Å². The van der Waals surface area contributed by atoms with E-state index < -0.39 is 5.97 Å². The van der Waals surface area contributed by atoms with Crippen molar-refractivity contribution < 1.29 is 14.6 Å². The number of para-hydroxylation sites is 1. The van der Waals surface area contributed by atoms with Crippen LogP contribution in [0.5, 0.6) is 5.75 Å². The maximum Gasteiger partial charge on any atom is 0.338 e. The third-order valence-corrected chi connectivity index (χ3v) is 2.25. The van der Waals surface area contributed by atoms with Gasteiger partial charge in [-0.05, 0) is 12.1 Å². The minimum Gasteiger partial charge on any atom is -0.496 e. The summed E-state index contributed by atoms with van der Waals surface area (Å²) in [6.45, 7) is 0. The molecule has 0 saturated heterocycles. The van der Waals surface area contributed by atoms with E-state index in [4.69, 9.17) is 9.84 Å². The van der Waals surface area contributed by atoms with E-state index in [-0.39, 0.29) is 5.56 Å². The second-order valence-corrected chi connectivity index (χ2v) is 3.30. The van der Waals surface area contributed by atoms with Crippen molar-refractivity contribution in [3.63, 3.8) is 0 Å². The van der Waals surface area contributed by atoms with Crippen molar-refractivity contribution in [2.75, 3.05) is 7.11 Å². The number of nitrogens with zero attached hydrogens (tertiary/aromatic N) is 2. The van der Waals surface area contributed by atoms with Gasteiger partial charge in [0.2, 0.25) is 0 Å². The lowest BCUT2D eigenvalue weighted by Gasteiger charge is -2.06. The first kappa shape index (κ1) is 11.1. The number of carbonyl (C=O) groups is 1. The van der Waals surface area contributed by atoms with Crippen molar-refractivity contribution in [3.05, 3.63) is 42.2 Å². The number of aromatic carboxylic acids is 1. The molecule has 0 aliphatic carbocycles. The topological polar surface area (TPSA) is 72.3 Å². The van der Waals surface area contributed by atoms with Gasteiger partial charge in [0, 0.05) is 12.4 Å². The lowest BCUT2D eigenvalue weighted by atomic mass is 10.2. The fourth-order valence-corrected chi connectivity index (χ4v) is 1.41. The molecular formula is C12H10N2O3. The van der Waals surface area contributed by atoms with Gasteiger partial charge in [0.05, 0.1) is 18.2 Å². The Morgan fingerprint density at radius 3 is 2.47 bits per heavy atom. The minimum absolute atomic E-state index is 0.0589. The van der Waals surface area contributed by atoms with E-state index in [1.54, 1.807) is 13.2 Å². The number of hydrogen-bond acceptors (Lipinski definition) is 4. The maximum absolute atomic E-state index is 10.7. The van der Waals surface area contributed by atoms with Gasteiger partial charge in [-0.1, -0.05) is 12.1 Å². The molecule has 2 rings (SSSR count). The van der Waals surface area contributed by atoms with Gasteiger partial charge in [-0.25, -0.2) is 14.8 Å². The standard InChI is InChI=1S/C12H10N2O3/c1-17-10-5-3-2-4-9(10)11-13-6-8(7-14-11)12(15)16/h2-7H,1H3,(H,15,16). The van der Waals surface area contributed by atoms with Crippen molar-refractivity contribution in [1.82, 2.24) is 9.97 Å². The molecule has 0 radical (unpaired) electrons. The number of carboxylic acids is 1. The number of methoxy groups -OCH3 is 1. The molecule has 1 heterocycles. The molecule has 5 nitrogen and oxygen atoms in total. The number of hydrogen-bond donors (Lipinski definition) is 1. The summed E-state index contributed by atoms with van der Waals surface area (Å²) in [5.41, 5.74) is 0.788. The molecule has 0 unspecified atom stereocenters. The highest BCUT2D eigenvalue weighted by molar-refractivity contribution is 5.87. The number of ether oxygens (including phenoxy) is 1. The summed E-state index contributed by atoms with van der Waals surface area (Å²) in [4.78, 5) is 18.7.